The number of fused-ring (bicyclic) bond motifs is 1. The molecule has 2 nitrogen and oxygen atoms in total. The zero-order chi connectivity index (χ0) is 12.5. The van der Waals surface area contributed by atoms with Crippen molar-refractivity contribution >= 4 is 22.5 Å². The third-order valence-electron chi connectivity index (χ3n) is 3.94. The lowest BCUT2D eigenvalue weighted by Gasteiger charge is -2.22. The van der Waals surface area contributed by atoms with E-state index < -0.39 is 0 Å². The molecule has 1 atom stereocenters. The van der Waals surface area contributed by atoms with Crippen molar-refractivity contribution in [2.45, 2.75) is 19.3 Å². The van der Waals surface area contributed by atoms with Gasteiger partial charge in [0.2, 0.25) is 0 Å². The van der Waals surface area contributed by atoms with E-state index in [2.05, 4.69) is 35.3 Å². The second-order valence-corrected chi connectivity index (χ2v) is 5.78. The van der Waals surface area contributed by atoms with Crippen molar-refractivity contribution in [1.82, 2.24) is 9.88 Å². The molecule has 1 aliphatic rings. The second-order valence-electron chi connectivity index (χ2n) is 5.34. The molecular formula is C15H19ClN2. The molecule has 1 unspecified atom stereocenters. The van der Waals surface area contributed by atoms with Crippen LogP contribution < -0.4 is 5.32 Å². The van der Waals surface area contributed by atoms with Crippen LogP contribution in [-0.2, 0) is 13.5 Å². The van der Waals surface area contributed by atoms with E-state index in [0.29, 0.717) is 0 Å². The Labute approximate surface area is 113 Å². The summed E-state index contributed by atoms with van der Waals surface area (Å²) in [5.41, 5.74) is 2.69. The maximum Gasteiger partial charge on any atom is 0.0495 e. The number of hydrogen-bond acceptors (Lipinski definition) is 1. The Kier molecular flexibility index (Phi) is 3.31. The molecule has 0 saturated carbocycles. The molecule has 1 fully saturated rings. The molecule has 1 aromatic carbocycles. The van der Waals surface area contributed by atoms with E-state index in [1.54, 1.807) is 0 Å². The van der Waals surface area contributed by atoms with Crippen molar-refractivity contribution in [3.63, 3.8) is 0 Å². The molecular weight excluding hydrogens is 244 g/mol. The summed E-state index contributed by atoms with van der Waals surface area (Å²) in [4.78, 5) is 0. The summed E-state index contributed by atoms with van der Waals surface area (Å²) < 4.78 is 2.19. The first-order valence-corrected chi connectivity index (χ1v) is 7.06. The molecule has 1 saturated heterocycles. The predicted octanol–water partition coefficient (Wildman–Crippen LogP) is 3.37. The van der Waals surface area contributed by atoms with Crippen LogP contribution in [-0.4, -0.2) is 17.7 Å². The van der Waals surface area contributed by atoms with Gasteiger partial charge in [-0.15, -0.1) is 0 Å². The van der Waals surface area contributed by atoms with E-state index in [9.17, 15) is 0 Å². The lowest BCUT2D eigenvalue weighted by molar-refractivity contribution is 0.376. The summed E-state index contributed by atoms with van der Waals surface area (Å²) in [5, 5.41) is 5.66. The number of benzene rings is 1. The van der Waals surface area contributed by atoms with Crippen molar-refractivity contribution in [3.8, 4) is 0 Å². The van der Waals surface area contributed by atoms with Gasteiger partial charge in [0, 0.05) is 29.2 Å². The second kappa shape index (κ2) is 4.94. The van der Waals surface area contributed by atoms with Gasteiger partial charge < -0.3 is 9.88 Å². The minimum absolute atomic E-state index is 0.778. The molecule has 0 amide bonds. The van der Waals surface area contributed by atoms with Gasteiger partial charge in [-0.3, -0.25) is 0 Å². The molecule has 0 bridgehead atoms. The van der Waals surface area contributed by atoms with Crippen LogP contribution >= 0.6 is 11.6 Å². The minimum Gasteiger partial charge on any atom is -0.350 e. The molecule has 2 aromatic rings. The normalized spacial score (nSPS) is 20.4. The SMILES string of the molecule is Cn1cc(CC2CCCNC2)c2ccc(Cl)cc21. The van der Waals surface area contributed by atoms with Crippen LogP contribution in [0.1, 0.15) is 18.4 Å². The van der Waals surface area contributed by atoms with Crippen LogP contribution in [0.4, 0.5) is 0 Å². The number of aromatic nitrogens is 1. The highest BCUT2D eigenvalue weighted by atomic mass is 35.5. The minimum atomic E-state index is 0.778. The van der Waals surface area contributed by atoms with Crippen LogP contribution in [0.5, 0.6) is 0 Å². The van der Waals surface area contributed by atoms with Crippen LogP contribution in [0.15, 0.2) is 24.4 Å². The Morgan fingerprint density at radius 1 is 1.44 bits per heavy atom. The van der Waals surface area contributed by atoms with Crippen molar-refractivity contribution in [2.75, 3.05) is 13.1 Å². The highest BCUT2D eigenvalue weighted by Crippen LogP contribution is 2.27. The molecule has 3 rings (SSSR count). The number of nitrogens with one attached hydrogen (secondary N) is 1. The number of piperidine rings is 1. The Bertz CT molecular complexity index is 553. The van der Waals surface area contributed by atoms with Gasteiger partial charge in [0.25, 0.3) is 0 Å². The molecule has 0 aliphatic carbocycles. The smallest absolute Gasteiger partial charge is 0.0495 e. The van der Waals surface area contributed by atoms with E-state index in [1.807, 2.05) is 6.07 Å². The molecule has 2 heterocycles. The number of aryl methyl sites for hydroxylation is 1. The highest BCUT2D eigenvalue weighted by molar-refractivity contribution is 6.31. The van der Waals surface area contributed by atoms with E-state index in [1.165, 1.54) is 42.3 Å². The molecule has 96 valence electrons. The van der Waals surface area contributed by atoms with Gasteiger partial charge in [0.1, 0.15) is 0 Å². The molecule has 1 aliphatic heterocycles. The monoisotopic (exact) mass is 262 g/mol. The summed E-state index contributed by atoms with van der Waals surface area (Å²) >= 11 is 6.07. The molecule has 3 heteroatoms. The Balaban J connectivity index is 1.91. The summed E-state index contributed by atoms with van der Waals surface area (Å²) in [6, 6.07) is 6.20. The molecule has 0 radical (unpaired) electrons. The quantitative estimate of drug-likeness (QED) is 0.878. The highest BCUT2D eigenvalue weighted by Gasteiger charge is 2.16. The van der Waals surface area contributed by atoms with E-state index in [0.717, 1.165) is 17.5 Å². The van der Waals surface area contributed by atoms with Crippen LogP contribution in [0.3, 0.4) is 0 Å². The van der Waals surface area contributed by atoms with Crippen LogP contribution in [0.25, 0.3) is 10.9 Å². The Morgan fingerprint density at radius 3 is 3.11 bits per heavy atom. The van der Waals surface area contributed by atoms with Gasteiger partial charge in [0.15, 0.2) is 0 Å². The first kappa shape index (κ1) is 12.1. The van der Waals surface area contributed by atoms with Crippen molar-refractivity contribution in [3.05, 3.63) is 35.0 Å². The number of rotatable bonds is 2. The van der Waals surface area contributed by atoms with E-state index >= 15 is 0 Å². The van der Waals surface area contributed by atoms with Crippen molar-refractivity contribution in [1.29, 1.82) is 0 Å². The van der Waals surface area contributed by atoms with Crippen LogP contribution in [0, 0.1) is 5.92 Å². The maximum absolute atomic E-state index is 6.07. The summed E-state index contributed by atoms with van der Waals surface area (Å²) in [7, 11) is 2.10. The summed E-state index contributed by atoms with van der Waals surface area (Å²) in [6.45, 7) is 2.34. The Morgan fingerprint density at radius 2 is 2.33 bits per heavy atom. The van der Waals surface area contributed by atoms with Gasteiger partial charge >= 0.3 is 0 Å². The van der Waals surface area contributed by atoms with Crippen molar-refractivity contribution in [2.24, 2.45) is 13.0 Å². The fraction of sp³-hybridized carbons (Fsp3) is 0.467. The van der Waals surface area contributed by atoms with E-state index in [-0.39, 0.29) is 0 Å². The zero-order valence-corrected chi connectivity index (χ0v) is 11.5. The number of halogens is 1. The maximum atomic E-state index is 6.07. The van der Waals surface area contributed by atoms with Gasteiger partial charge in [-0.05, 0) is 56.0 Å². The fourth-order valence-electron chi connectivity index (χ4n) is 3.01. The van der Waals surface area contributed by atoms with Gasteiger partial charge in [0.05, 0.1) is 0 Å². The van der Waals surface area contributed by atoms with Crippen molar-refractivity contribution < 1.29 is 0 Å². The molecule has 1 N–H and O–H groups in total. The topological polar surface area (TPSA) is 17.0 Å². The summed E-state index contributed by atoms with van der Waals surface area (Å²) in [6.07, 6.45) is 6.08. The third kappa shape index (κ3) is 2.27. The predicted molar refractivity (Wildman–Crippen MR) is 77.2 cm³/mol. The average Bonchev–Trinajstić information content (AvgIpc) is 2.67. The van der Waals surface area contributed by atoms with E-state index in [4.69, 9.17) is 11.6 Å². The number of nitrogens with zero attached hydrogens (tertiary/aromatic N) is 1. The summed E-state index contributed by atoms with van der Waals surface area (Å²) in [5.74, 6) is 0.778. The lowest BCUT2D eigenvalue weighted by atomic mass is 9.92. The van der Waals surface area contributed by atoms with Gasteiger partial charge in [-0.1, -0.05) is 17.7 Å². The van der Waals surface area contributed by atoms with Gasteiger partial charge in [-0.25, -0.2) is 0 Å². The largest absolute Gasteiger partial charge is 0.350 e. The average molecular weight is 263 g/mol. The van der Waals surface area contributed by atoms with Gasteiger partial charge in [-0.2, -0.15) is 0 Å². The number of hydrogen-bond donors (Lipinski definition) is 1. The van der Waals surface area contributed by atoms with Crippen LogP contribution in [0.2, 0.25) is 5.02 Å². The molecule has 18 heavy (non-hydrogen) atoms. The third-order valence-corrected chi connectivity index (χ3v) is 4.18. The fourth-order valence-corrected chi connectivity index (χ4v) is 3.18. The lowest BCUT2D eigenvalue weighted by Crippen LogP contribution is -2.30. The zero-order valence-electron chi connectivity index (χ0n) is 10.7. The first-order chi connectivity index (χ1) is 8.74. The molecule has 0 spiro atoms. The molecule has 1 aromatic heterocycles. The standard InChI is InChI=1S/C15H19ClN2/c1-18-10-12(7-11-3-2-6-17-9-11)14-5-4-13(16)8-15(14)18/h4-5,8,10-11,17H,2-3,6-7,9H2,1H3. The first-order valence-electron chi connectivity index (χ1n) is 6.68. The Hall–Kier alpha value is -0.990.